The van der Waals surface area contributed by atoms with Crippen LogP contribution >= 0.6 is 0 Å². The molecule has 8 heteroatoms. The first-order chi connectivity index (χ1) is 10.9. The van der Waals surface area contributed by atoms with Crippen molar-refractivity contribution in [1.82, 2.24) is 0 Å². The van der Waals surface area contributed by atoms with Crippen molar-refractivity contribution in [2.45, 2.75) is 58.7 Å². The standard InChI is InChI=1S/C16H22O8/c1-7-16(20)11(8-21-14(19)15(4,5)6)24-13(23-10(3)18)12(16)22-9(2)17/h1,11-13,20H,8H2,2-6H3/t11-,12+,13?,16-/m1/s1. The minimum absolute atomic E-state index is 0.396. The number of aliphatic hydroxyl groups is 1. The summed E-state index contributed by atoms with van der Waals surface area (Å²) in [6.45, 7) is 6.79. The van der Waals surface area contributed by atoms with E-state index >= 15 is 0 Å². The van der Waals surface area contributed by atoms with Gasteiger partial charge in [0.15, 0.2) is 5.60 Å². The molecule has 1 rings (SSSR count). The first-order valence-corrected chi connectivity index (χ1v) is 7.29. The number of ether oxygens (including phenoxy) is 4. The molecule has 0 bridgehead atoms. The van der Waals surface area contributed by atoms with Crippen molar-refractivity contribution >= 4 is 17.9 Å². The molecule has 0 aliphatic carbocycles. The Morgan fingerprint density at radius 2 is 1.75 bits per heavy atom. The van der Waals surface area contributed by atoms with Gasteiger partial charge in [-0.3, -0.25) is 14.4 Å². The topological polar surface area (TPSA) is 108 Å². The summed E-state index contributed by atoms with van der Waals surface area (Å²) in [6, 6.07) is 0. The van der Waals surface area contributed by atoms with Gasteiger partial charge in [0.1, 0.15) is 12.7 Å². The van der Waals surface area contributed by atoms with Crippen LogP contribution < -0.4 is 0 Å². The molecule has 1 aliphatic heterocycles. The molecule has 0 aromatic heterocycles. The molecule has 1 saturated heterocycles. The van der Waals surface area contributed by atoms with Crippen LogP contribution in [0.15, 0.2) is 0 Å². The highest BCUT2D eigenvalue weighted by molar-refractivity contribution is 5.75. The van der Waals surface area contributed by atoms with Crippen LogP contribution in [0.1, 0.15) is 34.6 Å². The van der Waals surface area contributed by atoms with Crippen LogP contribution in [0.4, 0.5) is 0 Å². The molecule has 0 amide bonds. The molecule has 24 heavy (non-hydrogen) atoms. The van der Waals surface area contributed by atoms with Crippen molar-refractivity contribution < 1.29 is 38.4 Å². The van der Waals surface area contributed by atoms with Crippen molar-refractivity contribution in [2.24, 2.45) is 5.41 Å². The smallest absolute Gasteiger partial charge is 0.311 e. The predicted molar refractivity (Wildman–Crippen MR) is 80.2 cm³/mol. The van der Waals surface area contributed by atoms with Gasteiger partial charge in [-0.1, -0.05) is 5.92 Å². The van der Waals surface area contributed by atoms with E-state index in [9.17, 15) is 19.5 Å². The van der Waals surface area contributed by atoms with E-state index in [1.54, 1.807) is 20.8 Å². The molecule has 0 aromatic rings. The average Bonchev–Trinajstić information content (AvgIpc) is 2.68. The fraction of sp³-hybridized carbons (Fsp3) is 0.688. The van der Waals surface area contributed by atoms with E-state index in [0.717, 1.165) is 13.8 Å². The quantitative estimate of drug-likeness (QED) is 0.437. The molecular weight excluding hydrogens is 320 g/mol. The molecule has 134 valence electrons. The summed E-state index contributed by atoms with van der Waals surface area (Å²) in [5.74, 6) is 0.0786. The second kappa shape index (κ2) is 7.20. The summed E-state index contributed by atoms with van der Waals surface area (Å²) < 4.78 is 20.3. The second-order valence-electron chi connectivity index (χ2n) is 6.45. The van der Waals surface area contributed by atoms with Gasteiger partial charge >= 0.3 is 17.9 Å². The third-order valence-corrected chi connectivity index (χ3v) is 3.25. The van der Waals surface area contributed by atoms with Gasteiger partial charge in [-0.05, 0) is 20.8 Å². The molecule has 0 spiro atoms. The monoisotopic (exact) mass is 342 g/mol. The van der Waals surface area contributed by atoms with Crippen molar-refractivity contribution in [3.8, 4) is 12.3 Å². The van der Waals surface area contributed by atoms with Crippen LogP contribution in [0.3, 0.4) is 0 Å². The van der Waals surface area contributed by atoms with Crippen LogP contribution in [0, 0.1) is 17.8 Å². The van der Waals surface area contributed by atoms with E-state index in [4.69, 9.17) is 25.4 Å². The molecule has 8 nitrogen and oxygen atoms in total. The predicted octanol–water partition coefficient (Wildman–Crippen LogP) is 0.160. The fourth-order valence-electron chi connectivity index (χ4n) is 2.01. The van der Waals surface area contributed by atoms with Crippen molar-refractivity contribution in [1.29, 1.82) is 0 Å². The third kappa shape index (κ3) is 4.46. The maximum absolute atomic E-state index is 11.9. The van der Waals surface area contributed by atoms with E-state index in [2.05, 4.69) is 5.92 Å². The molecule has 1 fully saturated rings. The van der Waals surface area contributed by atoms with E-state index in [1.165, 1.54) is 0 Å². The first kappa shape index (κ1) is 19.9. The number of terminal acetylenes is 1. The number of rotatable bonds is 4. The molecule has 1 N–H and O–H groups in total. The highest BCUT2D eigenvalue weighted by Gasteiger charge is 2.59. The zero-order chi connectivity index (χ0) is 18.7. The Balaban J connectivity index is 2.99. The van der Waals surface area contributed by atoms with E-state index in [0.29, 0.717) is 0 Å². The van der Waals surface area contributed by atoms with Crippen LogP contribution in [-0.2, 0) is 33.3 Å². The summed E-state index contributed by atoms with van der Waals surface area (Å²) in [7, 11) is 0. The number of hydrogen-bond donors (Lipinski definition) is 1. The number of carbonyl (C=O) groups is 3. The SMILES string of the molecule is C#C[C@@]1(O)[C@@H](COC(=O)C(C)(C)C)OC(OC(C)=O)[C@@H]1OC(C)=O. The van der Waals surface area contributed by atoms with Gasteiger partial charge in [0.2, 0.25) is 12.4 Å². The number of esters is 3. The Hall–Kier alpha value is -2.11. The van der Waals surface area contributed by atoms with Gasteiger partial charge in [-0.2, -0.15) is 0 Å². The maximum Gasteiger partial charge on any atom is 0.311 e. The Bertz CT molecular complexity index is 555. The molecule has 1 unspecified atom stereocenters. The summed E-state index contributed by atoms with van der Waals surface area (Å²) in [6.07, 6.45) is 1.27. The Labute approximate surface area is 140 Å². The molecule has 0 radical (unpaired) electrons. The van der Waals surface area contributed by atoms with Crippen molar-refractivity contribution in [3.05, 3.63) is 0 Å². The van der Waals surface area contributed by atoms with Crippen LogP contribution in [0.25, 0.3) is 0 Å². The Morgan fingerprint density at radius 1 is 1.21 bits per heavy atom. The first-order valence-electron chi connectivity index (χ1n) is 7.29. The number of carbonyl (C=O) groups excluding carboxylic acids is 3. The lowest BCUT2D eigenvalue weighted by Gasteiger charge is -2.28. The largest absolute Gasteiger partial charge is 0.462 e. The highest BCUT2D eigenvalue weighted by atomic mass is 16.7. The van der Waals surface area contributed by atoms with E-state index in [-0.39, 0.29) is 0 Å². The summed E-state index contributed by atoms with van der Waals surface area (Å²) >= 11 is 0. The van der Waals surface area contributed by atoms with Crippen molar-refractivity contribution in [3.63, 3.8) is 0 Å². The van der Waals surface area contributed by atoms with Crippen LogP contribution in [0.2, 0.25) is 0 Å². The summed E-state index contributed by atoms with van der Waals surface area (Å²) in [4.78, 5) is 34.3. The molecule has 0 aromatic carbocycles. The Morgan fingerprint density at radius 3 is 2.17 bits per heavy atom. The maximum atomic E-state index is 11.9. The molecular formula is C16H22O8. The van der Waals surface area contributed by atoms with Crippen LogP contribution in [-0.4, -0.2) is 53.7 Å². The minimum Gasteiger partial charge on any atom is -0.462 e. The van der Waals surface area contributed by atoms with Gasteiger partial charge in [0, 0.05) is 13.8 Å². The Kier molecular flexibility index (Phi) is 5.98. The lowest BCUT2D eigenvalue weighted by Crippen LogP contribution is -2.51. The fourth-order valence-corrected chi connectivity index (χ4v) is 2.01. The average molecular weight is 342 g/mol. The zero-order valence-electron chi connectivity index (χ0n) is 14.3. The van der Waals surface area contributed by atoms with Gasteiger partial charge < -0.3 is 24.1 Å². The van der Waals surface area contributed by atoms with Crippen LogP contribution in [0.5, 0.6) is 0 Å². The van der Waals surface area contributed by atoms with Crippen molar-refractivity contribution in [2.75, 3.05) is 6.61 Å². The molecule has 1 heterocycles. The lowest BCUT2D eigenvalue weighted by molar-refractivity contribution is -0.197. The molecule has 1 aliphatic rings. The van der Waals surface area contributed by atoms with E-state index < -0.39 is 54.0 Å². The van der Waals surface area contributed by atoms with E-state index in [1.807, 2.05) is 0 Å². The lowest BCUT2D eigenvalue weighted by atomic mass is 9.93. The normalized spacial score (nSPS) is 29.5. The van der Waals surface area contributed by atoms with Gasteiger partial charge in [-0.15, -0.1) is 6.42 Å². The summed E-state index contributed by atoms with van der Waals surface area (Å²) in [5.41, 5.74) is -2.89. The minimum atomic E-state index is -2.12. The van der Waals surface area contributed by atoms with Gasteiger partial charge in [0.25, 0.3) is 0 Å². The molecule has 0 saturated carbocycles. The highest BCUT2D eigenvalue weighted by Crippen LogP contribution is 2.34. The third-order valence-electron chi connectivity index (χ3n) is 3.25. The second-order valence-corrected chi connectivity index (χ2v) is 6.45. The van der Waals surface area contributed by atoms with Gasteiger partial charge in [-0.25, -0.2) is 0 Å². The molecule has 4 atom stereocenters. The number of hydrogen-bond acceptors (Lipinski definition) is 8. The van der Waals surface area contributed by atoms with Gasteiger partial charge in [0.05, 0.1) is 5.41 Å². The zero-order valence-corrected chi connectivity index (χ0v) is 14.3. The summed E-state index contributed by atoms with van der Waals surface area (Å²) in [5, 5.41) is 10.6.